The van der Waals surface area contributed by atoms with E-state index in [-0.39, 0.29) is 19.8 Å². The number of hydrogen-bond acceptors (Lipinski definition) is 4. The minimum absolute atomic E-state index is 0.378. The lowest BCUT2D eigenvalue weighted by molar-refractivity contribution is -0.112. The molecular weight excluding hydrogens is 124 g/mol. The third-order valence-corrected chi connectivity index (χ3v) is 1.30. The van der Waals surface area contributed by atoms with Crippen molar-refractivity contribution < 1.29 is 20.1 Å². The molecule has 0 amide bonds. The molecule has 9 heavy (non-hydrogen) atoms. The molecule has 0 heterocycles. The second-order valence-electron chi connectivity index (χ2n) is 1.86. The summed E-state index contributed by atoms with van der Waals surface area (Å²) in [7, 11) is 1.32. The Morgan fingerprint density at radius 3 is 1.44 bits per heavy atom. The Morgan fingerprint density at radius 1 is 1.11 bits per heavy atom. The summed E-state index contributed by atoms with van der Waals surface area (Å²) in [6.45, 7) is -1.14. The fraction of sp³-hybridized carbons (Fsp3) is 1.00. The second kappa shape index (κ2) is 3.79. The van der Waals surface area contributed by atoms with Gasteiger partial charge < -0.3 is 20.1 Å². The van der Waals surface area contributed by atoms with Gasteiger partial charge in [0.1, 0.15) is 5.60 Å². The van der Waals surface area contributed by atoms with E-state index in [1.165, 1.54) is 7.11 Å². The van der Waals surface area contributed by atoms with Gasteiger partial charge in [-0.2, -0.15) is 0 Å². The van der Waals surface area contributed by atoms with E-state index in [4.69, 9.17) is 15.3 Å². The molecule has 0 bridgehead atoms. The average molecular weight is 136 g/mol. The largest absolute Gasteiger partial charge is 0.393 e. The first kappa shape index (κ1) is 8.84. The maximum absolute atomic E-state index is 8.53. The Kier molecular flexibility index (Phi) is 3.72. The van der Waals surface area contributed by atoms with E-state index in [1.54, 1.807) is 0 Å². The van der Waals surface area contributed by atoms with E-state index in [2.05, 4.69) is 4.74 Å². The molecule has 0 rings (SSSR count). The highest BCUT2D eigenvalue weighted by molar-refractivity contribution is 4.76. The fourth-order valence-corrected chi connectivity index (χ4v) is 0.344. The molecule has 0 aromatic rings. The molecule has 3 N–H and O–H groups in total. The van der Waals surface area contributed by atoms with Crippen molar-refractivity contribution in [1.82, 2.24) is 0 Å². The summed E-state index contributed by atoms with van der Waals surface area (Å²) >= 11 is 0. The van der Waals surface area contributed by atoms with E-state index in [9.17, 15) is 0 Å². The molecule has 0 unspecified atom stereocenters. The van der Waals surface area contributed by atoms with Gasteiger partial charge in [-0.25, -0.2) is 0 Å². The Hall–Kier alpha value is -0.160. The van der Waals surface area contributed by atoms with Gasteiger partial charge in [-0.3, -0.25) is 0 Å². The molecule has 0 saturated carbocycles. The third-order valence-electron chi connectivity index (χ3n) is 1.30. The van der Waals surface area contributed by atoms with Gasteiger partial charge in [-0.05, 0) is 0 Å². The maximum atomic E-state index is 8.53. The van der Waals surface area contributed by atoms with Crippen LogP contribution in [0, 0.1) is 0 Å². The SMILES string of the molecule is COC(CO)(CO)CO. The zero-order valence-electron chi connectivity index (χ0n) is 5.37. The van der Waals surface area contributed by atoms with Crippen LogP contribution < -0.4 is 0 Å². The average Bonchev–Trinajstić information content (AvgIpc) is 1.95. The number of ether oxygens (including phenoxy) is 1. The summed E-state index contributed by atoms with van der Waals surface area (Å²) in [5.74, 6) is 0. The van der Waals surface area contributed by atoms with Crippen molar-refractivity contribution >= 4 is 0 Å². The maximum Gasteiger partial charge on any atom is 0.136 e. The number of methoxy groups -OCH3 is 1. The van der Waals surface area contributed by atoms with Gasteiger partial charge in [0.2, 0.25) is 0 Å². The van der Waals surface area contributed by atoms with Crippen LogP contribution in [0.4, 0.5) is 0 Å². The first-order valence-corrected chi connectivity index (χ1v) is 2.62. The molecule has 0 saturated heterocycles. The smallest absolute Gasteiger partial charge is 0.136 e. The highest BCUT2D eigenvalue weighted by Gasteiger charge is 2.26. The van der Waals surface area contributed by atoms with Crippen LogP contribution >= 0.6 is 0 Å². The lowest BCUT2D eigenvalue weighted by Gasteiger charge is -2.24. The summed E-state index contributed by atoms with van der Waals surface area (Å²) in [5.41, 5.74) is -1.17. The van der Waals surface area contributed by atoms with Crippen LogP contribution in [0.1, 0.15) is 0 Å². The molecule has 0 fully saturated rings. The van der Waals surface area contributed by atoms with Crippen molar-refractivity contribution in [3.05, 3.63) is 0 Å². The van der Waals surface area contributed by atoms with Crippen LogP contribution in [0.15, 0.2) is 0 Å². The Balaban J connectivity index is 3.82. The van der Waals surface area contributed by atoms with Crippen LogP contribution in [0.3, 0.4) is 0 Å². The summed E-state index contributed by atoms with van der Waals surface area (Å²) in [6.07, 6.45) is 0. The number of aliphatic hydroxyl groups excluding tert-OH is 3. The summed E-state index contributed by atoms with van der Waals surface area (Å²) < 4.78 is 4.64. The molecule has 0 aliphatic carbocycles. The lowest BCUT2D eigenvalue weighted by atomic mass is 10.1. The van der Waals surface area contributed by atoms with E-state index >= 15 is 0 Å². The molecule has 0 radical (unpaired) electrons. The van der Waals surface area contributed by atoms with Crippen LogP contribution in [-0.2, 0) is 4.74 Å². The molecule has 4 heteroatoms. The molecule has 0 aliphatic heterocycles. The molecule has 0 atom stereocenters. The standard InChI is InChI=1S/C5H12O4/c1-9-5(2-6,3-7)4-8/h6-8H,2-4H2,1H3. The Morgan fingerprint density at radius 2 is 1.44 bits per heavy atom. The zero-order chi connectivity index (χ0) is 7.33. The van der Waals surface area contributed by atoms with Gasteiger partial charge in [0.15, 0.2) is 0 Å². The zero-order valence-corrected chi connectivity index (χ0v) is 5.37. The molecular formula is C5H12O4. The molecule has 0 aromatic carbocycles. The highest BCUT2D eigenvalue weighted by atomic mass is 16.5. The van der Waals surface area contributed by atoms with E-state index in [1.807, 2.05) is 0 Å². The first-order chi connectivity index (χ1) is 4.24. The quantitative estimate of drug-likeness (QED) is 0.433. The number of aliphatic hydroxyl groups is 3. The third kappa shape index (κ3) is 1.91. The molecule has 0 spiro atoms. The minimum Gasteiger partial charge on any atom is -0.393 e. The summed E-state index contributed by atoms with van der Waals surface area (Å²) in [6, 6.07) is 0. The van der Waals surface area contributed by atoms with E-state index < -0.39 is 5.60 Å². The van der Waals surface area contributed by atoms with Gasteiger partial charge >= 0.3 is 0 Å². The predicted octanol–water partition coefficient (Wildman–Crippen LogP) is -1.65. The van der Waals surface area contributed by atoms with Gasteiger partial charge in [0, 0.05) is 7.11 Å². The van der Waals surface area contributed by atoms with Crippen molar-refractivity contribution in [3.8, 4) is 0 Å². The van der Waals surface area contributed by atoms with Crippen molar-refractivity contribution in [1.29, 1.82) is 0 Å². The monoisotopic (exact) mass is 136 g/mol. The van der Waals surface area contributed by atoms with Crippen molar-refractivity contribution in [2.45, 2.75) is 5.60 Å². The number of hydrogen-bond donors (Lipinski definition) is 3. The second-order valence-corrected chi connectivity index (χ2v) is 1.86. The highest BCUT2D eigenvalue weighted by Crippen LogP contribution is 2.05. The molecule has 0 aliphatic rings. The van der Waals surface area contributed by atoms with E-state index in [0.717, 1.165) is 0 Å². The van der Waals surface area contributed by atoms with Crippen molar-refractivity contribution in [2.75, 3.05) is 26.9 Å². The van der Waals surface area contributed by atoms with Gasteiger partial charge in [0.25, 0.3) is 0 Å². The number of rotatable bonds is 4. The van der Waals surface area contributed by atoms with Crippen molar-refractivity contribution in [3.63, 3.8) is 0 Å². The fourth-order valence-electron chi connectivity index (χ4n) is 0.344. The lowest BCUT2D eigenvalue weighted by Crippen LogP contribution is -2.43. The van der Waals surface area contributed by atoms with E-state index in [0.29, 0.717) is 0 Å². The molecule has 4 nitrogen and oxygen atoms in total. The topological polar surface area (TPSA) is 69.9 Å². The molecule has 0 aromatic heterocycles. The Labute approximate surface area is 53.7 Å². The van der Waals surface area contributed by atoms with Crippen LogP contribution in [-0.4, -0.2) is 47.9 Å². The predicted molar refractivity (Wildman–Crippen MR) is 31.0 cm³/mol. The van der Waals surface area contributed by atoms with Crippen molar-refractivity contribution in [2.24, 2.45) is 0 Å². The van der Waals surface area contributed by atoms with Crippen LogP contribution in [0.25, 0.3) is 0 Å². The summed E-state index contributed by atoms with van der Waals surface area (Å²) in [4.78, 5) is 0. The summed E-state index contributed by atoms with van der Waals surface area (Å²) in [5, 5.41) is 25.6. The normalized spacial score (nSPS) is 12.0. The minimum atomic E-state index is -1.17. The van der Waals surface area contributed by atoms with Crippen LogP contribution in [0.2, 0.25) is 0 Å². The van der Waals surface area contributed by atoms with Gasteiger partial charge in [0.05, 0.1) is 19.8 Å². The van der Waals surface area contributed by atoms with Gasteiger partial charge in [-0.1, -0.05) is 0 Å². The van der Waals surface area contributed by atoms with Gasteiger partial charge in [-0.15, -0.1) is 0 Å². The Bertz CT molecular complexity index is 51.8. The first-order valence-electron chi connectivity index (χ1n) is 2.62. The molecule has 56 valence electrons. The van der Waals surface area contributed by atoms with Crippen LogP contribution in [0.5, 0.6) is 0 Å².